The molecule has 0 bridgehead atoms. The molecule has 0 saturated carbocycles. The molecular formula is C20H20BrN5O2. The van der Waals surface area contributed by atoms with Gasteiger partial charge in [0.1, 0.15) is 0 Å². The second-order valence-electron chi connectivity index (χ2n) is 7.13. The van der Waals surface area contributed by atoms with Gasteiger partial charge in [0.15, 0.2) is 11.3 Å². The molecule has 2 aliphatic heterocycles. The lowest BCUT2D eigenvalue weighted by atomic mass is 9.98. The summed E-state index contributed by atoms with van der Waals surface area (Å²) in [6.07, 6.45) is 4.37. The number of nitrogens with zero attached hydrogens (tertiary/aromatic N) is 5. The van der Waals surface area contributed by atoms with Crippen LogP contribution in [0.3, 0.4) is 0 Å². The predicted octanol–water partition coefficient (Wildman–Crippen LogP) is 2.53. The van der Waals surface area contributed by atoms with Crippen molar-refractivity contribution < 1.29 is 9.53 Å². The molecule has 2 aliphatic rings. The highest BCUT2D eigenvalue weighted by atomic mass is 79.9. The van der Waals surface area contributed by atoms with E-state index in [2.05, 4.69) is 49.1 Å². The van der Waals surface area contributed by atoms with Crippen LogP contribution in [0.5, 0.6) is 0 Å². The lowest BCUT2D eigenvalue weighted by molar-refractivity contribution is 0.0728. The van der Waals surface area contributed by atoms with Crippen LogP contribution in [0.15, 0.2) is 41.1 Å². The van der Waals surface area contributed by atoms with Crippen molar-refractivity contribution in [1.82, 2.24) is 19.5 Å². The number of benzene rings is 1. The summed E-state index contributed by atoms with van der Waals surface area (Å²) in [6.45, 7) is 4.65. The van der Waals surface area contributed by atoms with Crippen LogP contribution < -0.4 is 4.90 Å². The maximum absolute atomic E-state index is 13.0. The number of morpholine rings is 1. The number of halogens is 1. The van der Waals surface area contributed by atoms with Gasteiger partial charge >= 0.3 is 0 Å². The van der Waals surface area contributed by atoms with E-state index >= 15 is 0 Å². The molecule has 4 heterocycles. The summed E-state index contributed by atoms with van der Waals surface area (Å²) in [4.78, 5) is 21.6. The number of carbonyl (C=O) groups is 1. The van der Waals surface area contributed by atoms with Gasteiger partial charge in [-0.25, -0.2) is 9.50 Å². The highest BCUT2D eigenvalue weighted by Gasteiger charge is 2.25. The van der Waals surface area contributed by atoms with E-state index in [1.807, 2.05) is 4.90 Å². The molecule has 1 saturated heterocycles. The number of carbonyl (C=O) groups excluding carboxylic acids is 1. The molecule has 144 valence electrons. The Morgan fingerprint density at radius 3 is 2.82 bits per heavy atom. The number of fused-ring (bicyclic) bond motifs is 2. The number of anilines is 1. The van der Waals surface area contributed by atoms with Gasteiger partial charge in [0.2, 0.25) is 0 Å². The van der Waals surface area contributed by atoms with Crippen molar-refractivity contribution in [3.05, 3.63) is 58.0 Å². The van der Waals surface area contributed by atoms with Gasteiger partial charge in [-0.1, -0.05) is 6.07 Å². The first-order valence-electron chi connectivity index (χ1n) is 9.42. The van der Waals surface area contributed by atoms with Crippen molar-refractivity contribution in [3.63, 3.8) is 0 Å². The molecule has 1 amide bonds. The van der Waals surface area contributed by atoms with Gasteiger partial charge in [-0.15, -0.1) is 0 Å². The summed E-state index contributed by atoms with van der Waals surface area (Å²) in [6, 6.07) is 8.36. The van der Waals surface area contributed by atoms with Crippen LogP contribution in [0.2, 0.25) is 0 Å². The highest BCUT2D eigenvalue weighted by Crippen LogP contribution is 2.26. The molecule has 0 spiro atoms. The molecule has 8 heteroatoms. The predicted molar refractivity (Wildman–Crippen MR) is 109 cm³/mol. The highest BCUT2D eigenvalue weighted by molar-refractivity contribution is 9.10. The average molecular weight is 442 g/mol. The van der Waals surface area contributed by atoms with Crippen molar-refractivity contribution >= 4 is 33.2 Å². The third kappa shape index (κ3) is 3.27. The molecular weight excluding hydrogens is 422 g/mol. The fraction of sp³-hybridized carbons (Fsp3) is 0.350. The fourth-order valence-corrected chi connectivity index (χ4v) is 4.15. The van der Waals surface area contributed by atoms with E-state index in [1.54, 1.807) is 23.0 Å². The summed E-state index contributed by atoms with van der Waals surface area (Å²) in [5.74, 6) is -0.0518. The van der Waals surface area contributed by atoms with Gasteiger partial charge < -0.3 is 14.5 Å². The minimum Gasteiger partial charge on any atom is -0.378 e. The Morgan fingerprint density at radius 1 is 1.11 bits per heavy atom. The van der Waals surface area contributed by atoms with E-state index in [-0.39, 0.29) is 5.91 Å². The maximum atomic E-state index is 13.0. The van der Waals surface area contributed by atoms with Crippen molar-refractivity contribution in [3.8, 4) is 0 Å². The van der Waals surface area contributed by atoms with Gasteiger partial charge in [0.05, 0.1) is 17.7 Å². The molecule has 0 atom stereocenters. The van der Waals surface area contributed by atoms with Crippen LogP contribution >= 0.6 is 15.9 Å². The smallest absolute Gasteiger partial charge is 0.274 e. The van der Waals surface area contributed by atoms with Crippen molar-refractivity contribution in [2.75, 3.05) is 37.7 Å². The maximum Gasteiger partial charge on any atom is 0.274 e. The Labute approximate surface area is 171 Å². The monoisotopic (exact) mass is 441 g/mol. The minimum atomic E-state index is -0.0518. The largest absolute Gasteiger partial charge is 0.378 e. The molecule has 1 fully saturated rings. The van der Waals surface area contributed by atoms with Crippen LogP contribution in [-0.4, -0.2) is 58.3 Å². The topological polar surface area (TPSA) is 63.0 Å². The first kappa shape index (κ1) is 17.6. The number of hydrogen-bond donors (Lipinski definition) is 0. The Balaban J connectivity index is 1.38. The number of ether oxygens (including phenoxy) is 1. The van der Waals surface area contributed by atoms with Crippen molar-refractivity contribution in [2.24, 2.45) is 0 Å². The van der Waals surface area contributed by atoms with Gasteiger partial charge in [0.25, 0.3) is 5.91 Å². The average Bonchev–Trinajstić information content (AvgIpc) is 3.16. The van der Waals surface area contributed by atoms with Gasteiger partial charge in [-0.2, -0.15) is 5.10 Å². The third-order valence-electron chi connectivity index (χ3n) is 5.37. The number of rotatable bonds is 2. The number of amides is 1. The Morgan fingerprint density at radius 2 is 1.96 bits per heavy atom. The lowest BCUT2D eigenvalue weighted by Gasteiger charge is -2.32. The third-order valence-corrected chi connectivity index (χ3v) is 5.78. The molecule has 0 N–H and O–H groups in total. The molecule has 0 radical (unpaired) electrons. The molecule has 0 aliphatic carbocycles. The first-order valence-corrected chi connectivity index (χ1v) is 10.2. The van der Waals surface area contributed by atoms with Crippen LogP contribution in [-0.2, 0) is 17.7 Å². The molecule has 7 nitrogen and oxygen atoms in total. The van der Waals surface area contributed by atoms with E-state index in [9.17, 15) is 4.79 Å². The molecule has 5 rings (SSSR count). The molecule has 0 unspecified atom stereocenters. The van der Waals surface area contributed by atoms with Crippen molar-refractivity contribution in [2.45, 2.75) is 13.0 Å². The van der Waals surface area contributed by atoms with Gasteiger partial charge in [-0.3, -0.25) is 4.79 Å². The number of aromatic nitrogens is 3. The molecule has 3 aromatic rings. The lowest BCUT2D eigenvalue weighted by Crippen LogP contribution is -2.38. The molecule has 1 aromatic carbocycles. The summed E-state index contributed by atoms with van der Waals surface area (Å²) in [7, 11) is 0. The minimum absolute atomic E-state index is 0.0518. The first-order chi connectivity index (χ1) is 13.7. The van der Waals surface area contributed by atoms with Crippen LogP contribution in [0.4, 0.5) is 5.69 Å². The van der Waals surface area contributed by atoms with Crippen LogP contribution in [0, 0.1) is 0 Å². The van der Waals surface area contributed by atoms with E-state index < -0.39 is 0 Å². The Kier molecular flexibility index (Phi) is 4.52. The summed E-state index contributed by atoms with van der Waals surface area (Å²) in [5, 5.41) is 4.41. The zero-order chi connectivity index (χ0) is 19.1. The zero-order valence-corrected chi connectivity index (χ0v) is 16.9. The molecule has 2 aromatic heterocycles. The van der Waals surface area contributed by atoms with E-state index in [0.717, 1.165) is 37.2 Å². The quantitative estimate of drug-likeness (QED) is 0.611. The Bertz CT molecular complexity index is 1040. The van der Waals surface area contributed by atoms with Crippen LogP contribution in [0.1, 0.15) is 21.6 Å². The SMILES string of the molecule is O=C(c1cc2ncc(Br)cn2n1)N1CCc2ccc(N3CCOCC3)cc2C1. The van der Waals surface area contributed by atoms with E-state index in [4.69, 9.17) is 4.74 Å². The second kappa shape index (κ2) is 7.18. The summed E-state index contributed by atoms with van der Waals surface area (Å²) < 4.78 is 7.91. The Hall–Kier alpha value is -2.45. The number of hydrogen-bond acceptors (Lipinski definition) is 5. The van der Waals surface area contributed by atoms with Crippen LogP contribution in [0.25, 0.3) is 5.65 Å². The van der Waals surface area contributed by atoms with Crippen molar-refractivity contribution in [1.29, 1.82) is 0 Å². The van der Waals surface area contributed by atoms with Gasteiger partial charge in [-0.05, 0) is 45.6 Å². The second-order valence-corrected chi connectivity index (χ2v) is 8.05. The fourth-order valence-electron chi connectivity index (χ4n) is 3.86. The normalized spacial score (nSPS) is 17.0. The van der Waals surface area contributed by atoms with E-state index in [0.29, 0.717) is 24.4 Å². The van der Waals surface area contributed by atoms with E-state index in [1.165, 1.54) is 16.8 Å². The molecule has 28 heavy (non-hydrogen) atoms. The standard InChI is InChI=1S/C20H20BrN5O2/c21-16-11-22-19-10-18(23-26(19)13-16)20(27)25-4-3-14-1-2-17(9-15(14)12-25)24-5-7-28-8-6-24/h1-2,9-11,13H,3-8,12H2. The summed E-state index contributed by atoms with van der Waals surface area (Å²) in [5.41, 5.74) is 4.84. The summed E-state index contributed by atoms with van der Waals surface area (Å²) >= 11 is 3.38. The zero-order valence-electron chi connectivity index (χ0n) is 15.3. The van der Waals surface area contributed by atoms with Gasteiger partial charge in [0, 0.05) is 50.3 Å².